The molecule has 0 aliphatic heterocycles. The van der Waals surface area contributed by atoms with Gasteiger partial charge in [-0.3, -0.25) is 0 Å². The van der Waals surface area contributed by atoms with E-state index < -0.39 is 0 Å². The van der Waals surface area contributed by atoms with Crippen molar-refractivity contribution in [2.75, 3.05) is 13.2 Å². The molecule has 0 saturated carbocycles. The molecular formula is C16H26FNO. The highest BCUT2D eigenvalue weighted by molar-refractivity contribution is 5.32. The summed E-state index contributed by atoms with van der Waals surface area (Å²) in [6.07, 6.45) is 2.21. The Morgan fingerprint density at radius 2 is 2.05 bits per heavy atom. The van der Waals surface area contributed by atoms with E-state index in [1.165, 1.54) is 12.1 Å². The summed E-state index contributed by atoms with van der Waals surface area (Å²) in [6, 6.07) is 4.99. The van der Waals surface area contributed by atoms with Crippen molar-refractivity contribution < 1.29 is 9.13 Å². The van der Waals surface area contributed by atoms with Crippen LogP contribution in [0.1, 0.15) is 39.2 Å². The summed E-state index contributed by atoms with van der Waals surface area (Å²) < 4.78 is 19.0. The van der Waals surface area contributed by atoms with Crippen LogP contribution in [0.15, 0.2) is 18.2 Å². The largest absolute Gasteiger partial charge is 0.492 e. The predicted octanol–water partition coefficient (Wildman–Crippen LogP) is 3.93. The molecule has 0 aromatic heterocycles. The Morgan fingerprint density at radius 1 is 1.32 bits per heavy atom. The van der Waals surface area contributed by atoms with E-state index in [4.69, 9.17) is 4.74 Å². The molecule has 2 nitrogen and oxygen atoms in total. The van der Waals surface area contributed by atoms with Gasteiger partial charge in [0.2, 0.25) is 0 Å². The molecule has 0 bridgehead atoms. The SMILES string of the molecule is CCCNC(COc1cc(F)ccc1C)C(C)CC. The van der Waals surface area contributed by atoms with Crippen LogP contribution in [-0.2, 0) is 0 Å². The van der Waals surface area contributed by atoms with E-state index in [0.29, 0.717) is 24.3 Å². The van der Waals surface area contributed by atoms with Crippen LogP contribution >= 0.6 is 0 Å². The molecule has 0 fully saturated rings. The highest BCUT2D eigenvalue weighted by atomic mass is 19.1. The second-order valence-electron chi connectivity index (χ2n) is 5.17. The third-order valence-corrected chi connectivity index (χ3v) is 3.56. The minimum atomic E-state index is -0.248. The van der Waals surface area contributed by atoms with Crippen LogP contribution in [0.3, 0.4) is 0 Å². The fourth-order valence-corrected chi connectivity index (χ4v) is 1.95. The first-order valence-corrected chi connectivity index (χ1v) is 7.20. The van der Waals surface area contributed by atoms with E-state index in [2.05, 4.69) is 26.1 Å². The van der Waals surface area contributed by atoms with Crippen LogP contribution in [0.5, 0.6) is 5.75 Å². The van der Waals surface area contributed by atoms with Gasteiger partial charge in [0.1, 0.15) is 18.2 Å². The minimum absolute atomic E-state index is 0.248. The van der Waals surface area contributed by atoms with E-state index >= 15 is 0 Å². The molecule has 1 aromatic rings. The molecule has 3 heteroatoms. The van der Waals surface area contributed by atoms with Crippen molar-refractivity contribution in [3.63, 3.8) is 0 Å². The van der Waals surface area contributed by atoms with Crippen LogP contribution in [-0.4, -0.2) is 19.2 Å². The van der Waals surface area contributed by atoms with Gasteiger partial charge >= 0.3 is 0 Å². The average molecular weight is 267 g/mol. The first kappa shape index (κ1) is 16.0. The van der Waals surface area contributed by atoms with Gasteiger partial charge in [0.05, 0.1) is 0 Å². The molecule has 0 saturated heterocycles. The smallest absolute Gasteiger partial charge is 0.126 e. The molecule has 19 heavy (non-hydrogen) atoms. The minimum Gasteiger partial charge on any atom is -0.492 e. The lowest BCUT2D eigenvalue weighted by molar-refractivity contribution is 0.219. The third-order valence-electron chi connectivity index (χ3n) is 3.56. The average Bonchev–Trinajstić information content (AvgIpc) is 2.41. The Hall–Kier alpha value is -1.09. The van der Waals surface area contributed by atoms with Crippen molar-refractivity contribution in [3.05, 3.63) is 29.6 Å². The quantitative estimate of drug-likeness (QED) is 0.770. The zero-order valence-corrected chi connectivity index (χ0v) is 12.5. The molecule has 0 amide bonds. The number of aryl methyl sites for hydroxylation is 1. The predicted molar refractivity (Wildman–Crippen MR) is 78.2 cm³/mol. The third kappa shape index (κ3) is 5.19. The van der Waals surface area contributed by atoms with Crippen molar-refractivity contribution in [1.29, 1.82) is 0 Å². The lowest BCUT2D eigenvalue weighted by Gasteiger charge is -2.25. The monoisotopic (exact) mass is 267 g/mol. The highest BCUT2D eigenvalue weighted by Gasteiger charge is 2.16. The molecule has 0 aliphatic rings. The standard InChI is InChI=1S/C16H26FNO/c1-5-9-18-15(12(3)6-2)11-19-16-10-14(17)8-7-13(16)4/h7-8,10,12,15,18H,5-6,9,11H2,1-4H3. The maximum atomic E-state index is 13.2. The molecule has 2 unspecified atom stereocenters. The van der Waals surface area contributed by atoms with Crippen molar-refractivity contribution in [2.24, 2.45) is 5.92 Å². The molecule has 1 rings (SSSR count). The topological polar surface area (TPSA) is 21.3 Å². The van der Waals surface area contributed by atoms with Crippen LogP contribution in [0.25, 0.3) is 0 Å². The lowest BCUT2D eigenvalue weighted by Crippen LogP contribution is -2.40. The second-order valence-corrected chi connectivity index (χ2v) is 5.17. The summed E-state index contributed by atoms with van der Waals surface area (Å²) in [7, 11) is 0. The summed E-state index contributed by atoms with van der Waals surface area (Å²) in [5.74, 6) is 0.939. The Balaban J connectivity index is 2.61. The first-order valence-electron chi connectivity index (χ1n) is 7.20. The molecular weight excluding hydrogens is 241 g/mol. The number of ether oxygens (including phenoxy) is 1. The van der Waals surface area contributed by atoms with Crippen LogP contribution in [0.4, 0.5) is 4.39 Å². The Morgan fingerprint density at radius 3 is 2.68 bits per heavy atom. The van der Waals surface area contributed by atoms with Crippen LogP contribution in [0, 0.1) is 18.7 Å². The normalized spacial score (nSPS) is 14.2. The van der Waals surface area contributed by atoms with Crippen LogP contribution < -0.4 is 10.1 Å². The lowest BCUT2D eigenvalue weighted by atomic mass is 10.00. The van der Waals surface area contributed by atoms with Crippen LogP contribution in [0.2, 0.25) is 0 Å². The second kappa shape index (κ2) is 8.16. The van der Waals surface area contributed by atoms with Crippen molar-refractivity contribution >= 4 is 0 Å². The van der Waals surface area contributed by atoms with E-state index in [9.17, 15) is 4.39 Å². The van der Waals surface area contributed by atoms with Gasteiger partial charge in [0.15, 0.2) is 0 Å². The molecule has 0 heterocycles. The molecule has 1 aromatic carbocycles. The zero-order valence-electron chi connectivity index (χ0n) is 12.5. The number of hydrogen-bond acceptors (Lipinski definition) is 2. The van der Waals surface area contributed by atoms with E-state index in [1.807, 2.05) is 6.92 Å². The fourth-order valence-electron chi connectivity index (χ4n) is 1.95. The van der Waals surface area contributed by atoms with Gasteiger partial charge in [-0.15, -0.1) is 0 Å². The molecule has 1 N–H and O–H groups in total. The molecule has 0 radical (unpaired) electrons. The maximum Gasteiger partial charge on any atom is 0.126 e. The molecule has 108 valence electrons. The Kier molecular flexibility index (Phi) is 6.85. The summed E-state index contributed by atoms with van der Waals surface area (Å²) in [5.41, 5.74) is 0.972. The van der Waals surface area contributed by atoms with Gasteiger partial charge in [-0.2, -0.15) is 0 Å². The van der Waals surface area contributed by atoms with Crippen molar-refractivity contribution in [1.82, 2.24) is 5.32 Å². The zero-order chi connectivity index (χ0) is 14.3. The van der Waals surface area contributed by atoms with Gasteiger partial charge < -0.3 is 10.1 Å². The van der Waals surface area contributed by atoms with Crippen molar-refractivity contribution in [2.45, 2.75) is 46.6 Å². The van der Waals surface area contributed by atoms with E-state index in [-0.39, 0.29) is 5.82 Å². The summed E-state index contributed by atoms with van der Waals surface area (Å²) in [5, 5.41) is 3.51. The Bertz CT molecular complexity index is 381. The molecule has 0 aliphatic carbocycles. The number of nitrogens with one attached hydrogen (secondary N) is 1. The van der Waals surface area contributed by atoms with Gasteiger partial charge in [0, 0.05) is 12.1 Å². The van der Waals surface area contributed by atoms with E-state index in [1.54, 1.807) is 6.07 Å². The number of benzene rings is 1. The summed E-state index contributed by atoms with van der Waals surface area (Å²) >= 11 is 0. The van der Waals surface area contributed by atoms with Gasteiger partial charge in [-0.1, -0.05) is 33.3 Å². The number of hydrogen-bond donors (Lipinski definition) is 1. The van der Waals surface area contributed by atoms with Gasteiger partial charge in [-0.05, 0) is 37.4 Å². The van der Waals surface area contributed by atoms with E-state index in [0.717, 1.165) is 24.9 Å². The molecule has 2 atom stereocenters. The fraction of sp³-hybridized carbons (Fsp3) is 0.625. The maximum absolute atomic E-state index is 13.2. The van der Waals surface area contributed by atoms with Gasteiger partial charge in [0.25, 0.3) is 0 Å². The molecule has 0 spiro atoms. The number of rotatable bonds is 8. The van der Waals surface area contributed by atoms with Crippen molar-refractivity contribution in [3.8, 4) is 5.75 Å². The Labute approximate surface area is 116 Å². The summed E-state index contributed by atoms with van der Waals surface area (Å²) in [6.45, 7) is 10.1. The van der Waals surface area contributed by atoms with Gasteiger partial charge in [-0.25, -0.2) is 4.39 Å². The first-order chi connectivity index (χ1) is 9.08. The highest BCUT2D eigenvalue weighted by Crippen LogP contribution is 2.20. The summed E-state index contributed by atoms with van der Waals surface area (Å²) in [4.78, 5) is 0. The number of halogens is 1.